The number of hydrogen-bond donors (Lipinski definition) is 3. The second-order valence-electron chi connectivity index (χ2n) is 9.26. The SMILES string of the molecule is NC(=O)[C@]1(C[C@@H](O)[C@H](Cc2ccccc2)NC(=O)OCc2ccccc2)CCCN1c1ccccc1. The van der Waals surface area contributed by atoms with Crippen molar-refractivity contribution in [2.45, 2.75) is 50.0 Å². The summed E-state index contributed by atoms with van der Waals surface area (Å²) in [5.41, 5.74) is 7.62. The molecule has 4 rings (SSSR count). The Morgan fingerprint density at radius 3 is 2.14 bits per heavy atom. The van der Waals surface area contributed by atoms with E-state index in [0.717, 1.165) is 23.2 Å². The van der Waals surface area contributed by atoms with E-state index in [0.29, 0.717) is 19.4 Å². The molecule has 3 aromatic carbocycles. The highest BCUT2D eigenvalue weighted by atomic mass is 16.5. The number of ether oxygens (including phenoxy) is 1. The minimum absolute atomic E-state index is 0.0910. The summed E-state index contributed by atoms with van der Waals surface area (Å²) in [6.45, 7) is 0.781. The first-order chi connectivity index (χ1) is 17.5. The summed E-state index contributed by atoms with van der Waals surface area (Å²) >= 11 is 0. The molecule has 0 bridgehead atoms. The molecule has 3 atom stereocenters. The highest BCUT2D eigenvalue weighted by molar-refractivity contribution is 5.89. The summed E-state index contributed by atoms with van der Waals surface area (Å²) in [4.78, 5) is 27.6. The van der Waals surface area contributed by atoms with E-state index in [1.807, 2.05) is 95.9 Å². The highest BCUT2D eigenvalue weighted by Crippen LogP contribution is 2.38. The van der Waals surface area contributed by atoms with Crippen LogP contribution in [0.2, 0.25) is 0 Å². The molecule has 1 aliphatic rings. The van der Waals surface area contributed by atoms with Crippen molar-refractivity contribution in [2.75, 3.05) is 11.4 Å². The summed E-state index contributed by atoms with van der Waals surface area (Å²) in [5, 5.41) is 14.3. The Morgan fingerprint density at radius 2 is 1.53 bits per heavy atom. The van der Waals surface area contributed by atoms with Crippen molar-refractivity contribution in [2.24, 2.45) is 5.73 Å². The third-order valence-electron chi connectivity index (χ3n) is 6.84. The Balaban J connectivity index is 1.52. The maximum Gasteiger partial charge on any atom is 0.407 e. The highest BCUT2D eigenvalue weighted by Gasteiger charge is 2.48. The Kier molecular flexibility index (Phi) is 8.23. The molecule has 3 aromatic rings. The standard InChI is InChI=1S/C29H33N3O4/c30-27(34)29(17-10-18-32(29)24-15-8-3-9-16-24)20-26(33)25(19-22-11-4-1-5-12-22)31-28(35)36-21-23-13-6-2-7-14-23/h1-9,11-16,25-26,33H,10,17-21H2,(H2,30,34)(H,31,35)/t25-,26+,29+/m0/s1. The number of benzene rings is 3. The van der Waals surface area contributed by atoms with Crippen molar-refractivity contribution >= 4 is 17.7 Å². The van der Waals surface area contributed by atoms with Crippen LogP contribution >= 0.6 is 0 Å². The first kappa shape index (κ1) is 25.3. The number of nitrogens with two attached hydrogens (primary N) is 1. The fraction of sp³-hybridized carbons (Fsp3) is 0.310. The third kappa shape index (κ3) is 6.04. The van der Waals surface area contributed by atoms with Gasteiger partial charge in [-0.15, -0.1) is 0 Å². The van der Waals surface area contributed by atoms with Crippen LogP contribution in [0.25, 0.3) is 0 Å². The van der Waals surface area contributed by atoms with Gasteiger partial charge in [0.15, 0.2) is 0 Å². The minimum Gasteiger partial charge on any atom is -0.445 e. The number of amides is 2. The summed E-state index contributed by atoms with van der Waals surface area (Å²) in [6, 6.07) is 28.0. The molecule has 7 nitrogen and oxygen atoms in total. The zero-order chi connectivity index (χ0) is 25.4. The molecule has 1 saturated heterocycles. The molecule has 1 fully saturated rings. The molecule has 1 heterocycles. The van der Waals surface area contributed by atoms with Gasteiger partial charge in [0.2, 0.25) is 5.91 Å². The summed E-state index contributed by atoms with van der Waals surface area (Å²) < 4.78 is 5.42. The lowest BCUT2D eigenvalue weighted by molar-refractivity contribution is -0.124. The van der Waals surface area contributed by atoms with E-state index in [4.69, 9.17) is 10.5 Å². The molecule has 0 aromatic heterocycles. The van der Waals surface area contributed by atoms with Crippen molar-refractivity contribution in [3.63, 3.8) is 0 Å². The smallest absolute Gasteiger partial charge is 0.407 e. The summed E-state index contributed by atoms with van der Waals surface area (Å²) in [5.74, 6) is -0.479. The molecule has 2 amide bonds. The lowest BCUT2D eigenvalue weighted by atomic mass is 9.84. The molecule has 1 aliphatic heterocycles. The number of carbonyl (C=O) groups excluding carboxylic acids is 2. The fourth-order valence-corrected chi connectivity index (χ4v) is 4.99. The number of nitrogens with one attached hydrogen (secondary N) is 1. The van der Waals surface area contributed by atoms with E-state index in [-0.39, 0.29) is 13.0 Å². The van der Waals surface area contributed by atoms with Gasteiger partial charge in [-0.25, -0.2) is 4.79 Å². The maximum atomic E-state index is 12.9. The molecule has 4 N–H and O–H groups in total. The zero-order valence-electron chi connectivity index (χ0n) is 20.3. The van der Waals surface area contributed by atoms with Gasteiger partial charge in [-0.3, -0.25) is 4.79 Å². The van der Waals surface area contributed by atoms with Crippen LogP contribution in [0.1, 0.15) is 30.4 Å². The zero-order valence-corrected chi connectivity index (χ0v) is 20.3. The summed E-state index contributed by atoms with van der Waals surface area (Å²) in [7, 11) is 0. The van der Waals surface area contributed by atoms with Crippen molar-refractivity contribution in [3.8, 4) is 0 Å². The molecule has 188 valence electrons. The van der Waals surface area contributed by atoms with Gasteiger partial charge in [-0.05, 0) is 42.5 Å². The van der Waals surface area contributed by atoms with Crippen LogP contribution in [0.15, 0.2) is 91.0 Å². The van der Waals surface area contributed by atoms with Crippen LogP contribution in [-0.2, 0) is 22.6 Å². The monoisotopic (exact) mass is 487 g/mol. The fourth-order valence-electron chi connectivity index (χ4n) is 4.99. The van der Waals surface area contributed by atoms with Gasteiger partial charge in [0.25, 0.3) is 0 Å². The van der Waals surface area contributed by atoms with Crippen molar-refractivity contribution in [1.29, 1.82) is 0 Å². The second kappa shape index (κ2) is 11.7. The normalized spacial score (nSPS) is 18.9. The van der Waals surface area contributed by atoms with Crippen LogP contribution < -0.4 is 16.0 Å². The molecular formula is C29H33N3O4. The predicted octanol–water partition coefficient (Wildman–Crippen LogP) is 3.80. The topological polar surface area (TPSA) is 105 Å². The van der Waals surface area contributed by atoms with Crippen LogP contribution in [-0.4, -0.2) is 41.3 Å². The largest absolute Gasteiger partial charge is 0.445 e. The van der Waals surface area contributed by atoms with Gasteiger partial charge in [-0.2, -0.15) is 0 Å². The third-order valence-corrected chi connectivity index (χ3v) is 6.84. The van der Waals surface area contributed by atoms with Gasteiger partial charge in [0.05, 0.1) is 12.1 Å². The number of aliphatic hydroxyl groups is 1. The number of primary amides is 1. The molecule has 0 saturated carbocycles. The number of aliphatic hydroxyl groups excluding tert-OH is 1. The Morgan fingerprint density at radius 1 is 0.944 bits per heavy atom. The number of para-hydroxylation sites is 1. The van der Waals surface area contributed by atoms with E-state index in [1.165, 1.54) is 0 Å². The number of anilines is 1. The Labute approximate surface area is 211 Å². The maximum absolute atomic E-state index is 12.9. The van der Waals surface area contributed by atoms with Crippen molar-refractivity contribution in [3.05, 3.63) is 102 Å². The van der Waals surface area contributed by atoms with Crippen molar-refractivity contribution in [1.82, 2.24) is 5.32 Å². The van der Waals surface area contributed by atoms with E-state index in [1.54, 1.807) is 0 Å². The molecule has 36 heavy (non-hydrogen) atoms. The molecular weight excluding hydrogens is 454 g/mol. The van der Waals surface area contributed by atoms with E-state index in [9.17, 15) is 14.7 Å². The molecule has 0 unspecified atom stereocenters. The summed E-state index contributed by atoms with van der Waals surface area (Å²) in [6.07, 6.45) is 0.117. The van der Waals surface area contributed by atoms with Gasteiger partial charge in [0.1, 0.15) is 12.1 Å². The Bertz CT molecular complexity index is 1130. The average molecular weight is 488 g/mol. The lowest BCUT2D eigenvalue weighted by Gasteiger charge is -2.40. The lowest BCUT2D eigenvalue weighted by Crippen LogP contribution is -2.58. The number of rotatable bonds is 10. The molecule has 0 radical (unpaired) electrons. The predicted molar refractivity (Wildman–Crippen MR) is 139 cm³/mol. The van der Waals surface area contributed by atoms with Crippen LogP contribution in [0, 0.1) is 0 Å². The number of nitrogens with zero attached hydrogens (tertiary/aromatic N) is 1. The van der Waals surface area contributed by atoms with E-state index < -0.39 is 29.7 Å². The van der Waals surface area contributed by atoms with Gasteiger partial charge < -0.3 is 25.8 Å². The van der Waals surface area contributed by atoms with Gasteiger partial charge in [0, 0.05) is 18.7 Å². The van der Waals surface area contributed by atoms with E-state index >= 15 is 0 Å². The van der Waals surface area contributed by atoms with E-state index in [2.05, 4.69) is 5.32 Å². The Hall–Kier alpha value is -3.84. The minimum atomic E-state index is -1.05. The number of alkyl carbamates (subject to hydrolysis) is 1. The molecule has 0 aliphatic carbocycles. The van der Waals surface area contributed by atoms with Gasteiger partial charge >= 0.3 is 6.09 Å². The number of hydrogen-bond acceptors (Lipinski definition) is 5. The second-order valence-corrected chi connectivity index (χ2v) is 9.26. The number of carbonyl (C=O) groups is 2. The first-order valence-corrected chi connectivity index (χ1v) is 12.3. The van der Waals surface area contributed by atoms with Gasteiger partial charge in [-0.1, -0.05) is 78.9 Å². The molecule has 0 spiro atoms. The molecule has 7 heteroatoms. The van der Waals surface area contributed by atoms with Crippen LogP contribution in [0.3, 0.4) is 0 Å². The first-order valence-electron chi connectivity index (χ1n) is 12.3. The van der Waals surface area contributed by atoms with Crippen LogP contribution in [0.4, 0.5) is 10.5 Å². The van der Waals surface area contributed by atoms with Crippen LogP contribution in [0.5, 0.6) is 0 Å². The average Bonchev–Trinajstić information content (AvgIpc) is 3.34. The quantitative estimate of drug-likeness (QED) is 0.404. The van der Waals surface area contributed by atoms with Crippen molar-refractivity contribution < 1.29 is 19.4 Å².